The number of piperidine rings is 1. The summed E-state index contributed by atoms with van der Waals surface area (Å²) in [6.45, 7) is 1.39. The first-order valence-corrected chi connectivity index (χ1v) is 8.78. The monoisotopic (exact) mass is 357 g/mol. The van der Waals surface area contributed by atoms with E-state index in [4.69, 9.17) is 11.6 Å². The van der Waals surface area contributed by atoms with E-state index in [2.05, 4.69) is 0 Å². The largest absolute Gasteiger partial charge is 0.478 e. The van der Waals surface area contributed by atoms with E-state index >= 15 is 0 Å². The SMILES string of the molecule is O=C(O)c1ccccc1CC1CCN(C(=O)c2ccc(Cl)cc2)CC1. The minimum absolute atomic E-state index is 0.0288. The molecule has 0 spiro atoms. The average Bonchev–Trinajstić information content (AvgIpc) is 2.63. The number of hydrogen-bond donors (Lipinski definition) is 1. The number of aromatic carboxylic acids is 1. The summed E-state index contributed by atoms with van der Waals surface area (Å²) in [6.07, 6.45) is 2.51. The van der Waals surface area contributed by atoms with Crippen molar-refractivity contribution in [2.24, 2.45) is 5.92 Å². The molecule has 1 N–H and O–H groups in total. The zero-order valence-corrected chi connectivity index (χ0v) is 14.6. The zero-order chi connectivity index (χ0) is 17.8. The predicted molar refractivity (Wildman–Crippen MR) is 97.2 cm³/mol. The molecule has 1 fully saturated rings. The molecule has 5 heteroatoms. The molecule has 1 aliphatic rings. The smallest absolute Gasteiger partial charge is 0.335 e. The topological polar surface area (TPSA) is 57.6 Å². The van der Waals surface area contributed by atoms with Crippen LogP contribution in [0.25, 0.3) is 0 Å². The maximum absolute atomic E-state index is 12.5. The van der Waals surface area contributed by atoms with Crippen LogP contribution in [-0.2, 0) is 6.42 Å². The molecule has 2 aromatic rings. The summed E-state index contributed by atoms with van der Waals surface area (Å²) in [7, 11) is 0. The van der Waals surface area contributed by atoms with Gasteiger partial charge in [0.15, 0.2) is 0 Å². The Morgan fingerprint density at radius 1 is 1.04 bits per heavy atom. The van der Waals surface area contributed by atoms with E-state index in [9.17, 15) is 14.7 Å². The third-order valence-corrected chi connectivity index (χ3v) is 5.00. The molecule has 0 bridgehead atoms. The molecule has 1 amide bonds. The van der Waals surface area contributed by atoms with Gasteiger partial charge in [0.1, 0.15) is 0 Å². The van der Waals surface area contributed by atoms with Gasteiger partial charge in [-0.15, -0.1) is 0 Å². The molecule has 4 nitrogen and oxygen atoms in total. The normalized spacial score (nSPS) is 15.2. The Labute approximate surface area is 152 Å². The van der Waals surface area contributed by atoms with Gasteiger partial charge in [-0.2, -0.15) is 0 Å². The lowest BCUT2D eigenvalue weighted by Crippen LogP contribution is -2.39. The lowest BCUT2D eigenvalue weighted by Gasteiger charge is -2.32. The molecule has 1 aliphatic heterocycles. The molecular formula is C20H20ClNO3. The lowest BCUT2D eigenvalue weighted by molar-refractivity contribution is 0.0690. The molecule has 130 valence electrons. The van der Waals surface area contributed by atoms with Crippen molar-refractivity contribution in [3.63, 3.8) is 0 Å². The van der Waals surface area contributed by atoms with E-state index < -0.39 is 5.97 Å². The van der Waals surface area contributed by atoms with Crippen LogP contribution in [0.2, 0.25) is 5.02 Å². The van der Waals surface area contributed by atoms with Crippen molar-refractivity contribution in [1.82, 2.24) is 4.90 Å². The fraction of sp³-hybridized carbons (Fsp3) is 0.300. The Bertz CT molecular complexity index is 765. The van der Waals surface area contributed by atoms with Gasteiger partial charge in [-0.05, 0) is 61.1 Å². The molecular weight excluding hydrogens is 338 g/mol. The molecule has 0 aliphatic carbocycles. The van der Waals surface area contributed by atoms with Crippen molar-refractivity contribution in [3.05, 3.63) is 70.2 Å². The zero-order valence-electron chi connectivity index (χ0n) is 13.8. The Morgan fingerprint density at radius 3 is 2.32 bits per heavy atom. The third-order valence-electron chi connectivity index (χ3n) is 4.75. The van der Waals surface area contributed by atoms with Crippen LogP contribution in [0, 0.1) is 5.92 Å². The van der Waals surface area contributed by atoms with Crippen molar-refractivity contribution in [3.8, 4) is 0 Å². The minimum atomic E-state index is -0.883. The first kappa shape index (κ1) is 17.5. The highest BCUT2D eigenvalue weighted by Crippen LogP contribution is 2.24. The summed E-state index contributed by atoms with van der Waals surface area (Å²) in [5, 5.41) is 9.91. The van der Waals surface area contributed by atoms with E-state index in [0.717, 1.165) is 24.8 Å². The highest BCUT2D eigenvalue weighted by Gasteiger charge is 2.24. The summed E-state index contributed by atoms with van der Waals surface area (Å²) >= 11 is 5.87. The van der Waals surface area contributed by atoms with Gasteiger partial charge in [-0.3, -0.25) is 4.79 Å². The van der Waals surface area contributed by atoms with Crippen molar-refractivity contribution < 1.29 is 14.7 Å². The maximum atomic E-state index is 12.5. The summed E-state index contributed by atoms with van der Waals surface area (Å²) in [4.78, 5) is 25.7. The van der Waals surface area contributed by atoms with Gasteiger partial charge >= 0.3 is 5.97 Å². The second-order valence-corrected chi connectivity index (χ2v) is 6.85. The van der Waals surface area contributed by atoms with Crippen molar-refractivity contribution in [2.45, 2.75) is 19.3 Å². The first-order chi connectivity index (χ1) is 12.0. The van der Waals surface area contributed by atoms with E-state index in [1.165, 1.54) is 0 Å². The van der Waals surface area contributed by atoms with Crippen molar-refractivity contribution in [1.29, 1.82) is 0 Å². The van der Waals surface area contributed by atoms with Gasteiger partial charge in [0.05, 0.1) is 5.56 Å². The molecule has 0 atom stereocenters. The summed E-state index contributed by atoms with van der Waals surface area (Å²) in [5.41, 5.74) is 1.90. The van der Waals surface area contributed by atoms with E-state index in [1.807, 2.05) is 17.0 Å². The number of carbonyl (C=O) groups is 2. The standard InChI is InChI=1S/C20H20ClNO3/c21-17-7-5-15(6-8-17)19(23)22-11-9-14(10-12-22)13-16-3-1-2-4-18(16)20(24)25/h1-8,14H,9-13H2,(H,24,25). The fourth-order valence-electron chi connectivity index (χ4n) is 3.33. The summed E-state index contributed by atoms with van der Waals surface area (Å²) in [6, 6.07) is 14.1. The number of carboxylic acid groups (broad SMARTS) is 1. The molecule has 1 heterocycles. The third kappa shape index (κ3) is 4.20. The van der Waals surface area contributed by atoms with Crippen LogP contribution in [0.1, 0.15) is 39.1 Å². The highest BCUT2D eigenvalue weighted by atomic mass is 35.5. The van der Waals surface area contributed by atoms with Crippen LogP contribution in [0.5, 0.6) is 0 Å². The van der Waals surface area contributed by atoms with Gasteiger partial charge in [-0.25, -0.2) is 4.79 Å². The molecule has 1 saturated heterocycles. The van der Waals surface area contributed by atoms with E-state index in [-0.39, 0.29) is 5.91 Å². The number of nitrogens with zero attached hydrogens (tertiary/aromatic N) is 1. The second-order valence-electron chi connectivity index (χ2n) is 6.41. The van der Waals surface area contributed by atoms with Gasteiger partial charge in [-0.1, -0.05) is 29.8 Å². The summed E-state index contributed by atoms with van der Waals surface area (Å²) < 4.78 is 0. The van der Waals surface area contributed by atoms with Crippen LogP contribution in [-0.4, -0.2) is 35.0 Å². The van der Waals surface area contributed by atoms with Crippen molar-refractivity contribution in [2.75, 3.05) is 13.1 Å². The van der Waals surface area contributed by atoms with Gasteiger partial charge in [0.25, 0.3) is 5.91 Å². The number of benzene rings is 2. The first-order valence-electron chi connectivity index (χ1n) is 8.40. The molecule has 0 radical (unpaired) electrons. The molecule has 0 saturated carbocycles. The molecule has 0 unspecified atom stereocenters. The molecule has 0 aromatic heterocycles. The van der Waals surface area contributed by atoms with Gasteiger partial charge in [0.2, 0.25) is 0 Å². The highest BCUT2D eigenvalue weighted by molar-refractivity contribution is 6.30. The van der Waals surface area contributed by atoms with Crippen LogP contribution in [0.4, 0.5) is 0 Å². The van der Waals surface area contributed by atoms with Crippen LogP contribution >= 0.6 is 11.6 Å². The molecule has 25 heavy (non-hydrogen) atoms. The Balaban J connectivity index is 1.60. The predicted octanol–water partition coefficient (Wildman–Crippen LogP) is 4.13. The fourth-order valence-corrected chi connectivity index (χ4v) is 3.46. The lowest BCUT2D eigenvalue weighted by atomic mass is 9.88. The van der Waals surface area contributed by atoms with Crippen LogP contribution in [0.3, 0.4) is 0 Å². The second kappa shape index (κ2) is 7.70. The van der Waals surface area contributed by atoms with Gasteiger partial charge in [0, 0.05) is 23.7 Å². The van der Waals surface area contributed by atoms with Crippen LogP contribution < -0.4 is 0 Å². The summed E-state index contributed by atoms with van der Waals surface area (Å²) in [5.74, 6) is -0.457. The number of halogens is 1. The minimum Gasteiger partial charge on any atom is -0.478 e. The van der Waals surface area contributed by atoms with Crippen molar-refractivity contribution >= 4 is 23.5 Å². The number of likely N-dealkylation sites (tertiary alicyclic amines) is 1. The van der Waals surface area contributed by atoms with E-state index in [1.54, 1.807) is 36.4 Å². The number of carboxylic acids is 1. The molecule has 3 rings (SSSR count). The molecule has 2 aromatic carbocycles. The van der Waals surface area contributed by atoms with E-state index in [0.29, 0.717) is 35.2 Å². The number of rotatable bonds is 4. The van der Waals surface area contributed by atoms with Crippen LogP contribution in [0.15, 0.2) is 48.5 Å². The number of amides is 1. The Morgan fingerprint density at radius 2 is 1.68 bits per heavy atom. The number of carbonyl (C=O) groups excluding carboxylic acids is 1. The average molecular weight is 358 g/mol. The quantitative estimate of drug-likeness (QED) is 0.894. The maximum Gasteiger partial charge on any atom is 0.335 e. The Kier molecular flexibility index (Phi) is 5.39. The number of hydrogen-bond acceptors (Lipinski definition) is 2. The Hall–Kier alpha value is -2.33. The van der Waals surface area contributed by atoms with Gasteiger partial charge < -0.3 is 10.0 Å².